The molecule has 0 saturated carbocycles. The van der Waals surface area contributed by atoms with Crippen LogP contribution in [0.5, 0.6) is 0 Å². The Morgan fingerprint density at radius 1 is 1.06 bits per heavy atom. The minimum atomic E-state index is -3.74. The summed E-state index contributed by atoms with van der Waals surface area (Å²) in [6, 6.07) is 13.5. The largest absolute Gasteiger partial charge is 0.367 e. The lowest BCUT2D eigenvalue weighted by atomic mass is 10.2. The van der Waals surface area contributed by atoms with Crippen LogP contribution in [0.1, 0.15) is 12.0 Å². The molecule has 0 atom stereocenters. The lowest BCUT2D eigenvalue weighted by molar-refractivity contribution is 0.252. The van der Waals surface area contributed by atoms with E-state index in [-0.39, 0.29) is 12.2 Å². The summed E-state index contributed by atoms with van der Waals surface area (Å²) in [5, 5.41) is 0.952. The molecule has 34 heavy (non-hydrogen) atoms. The molecule has 1 saturated heterocycles. The molecule has 0 amide bonds. The maximum absolute atomic E-state index is 13.1. The number of hydrogen-bond donors (Lipinski definition) is 2. The molecular weight excluding hydrogens is 494 g/mol. The number of aromatic nitrogens is 2. The van der Waals surface area contributed by atoms with Gasteiger partial charge in [0.05, 0.1) is 16.7 Å². The first-order valence-corrected chi connectivity index (χ1v) is 13.8. The Labute approximate surface area is 206 Å². The Morgan fingerprint density at radius 2 is 1.82 bits per heavy atom. The van der Waals surface area contributed by atoms with Gasteiger partial charge in [0.2, 0.25) is 0 Å². The topological polar surface area (TPSA) is 92.5 Å². The summed E-state index contributed by atoms with van der Waals surface area (Å²) in [4.78, 5) is 22.0. The van der Waals surface area contributed by atoms with Crippen LogP contribution in [0.4, 0.5) is 5.69 Å². The Hall–Kier alpha value is -2.37. The molecule has 5 rings (SSSR count). The summed E-state index contributed by atoms with van der Waals surface area (Å²) < 4.78 is 28.4. The highest BCUT2D eigenvalue weighted by Crippen LogP contribution is 2.36. The zero-order chi connectivity index (χ0) is 23.9. The van der Waals surface area contributed by atoms with Crippen LogP contribution >= 0.6 is 23.1 Å². The normalized spacial score (nSPS) is 15.7. The number of rotatable bonds is 7. The van der Waals surface area contributed by atoms with E-state index >= 15 is 0 Å². The number of hydrogen-bond acceptors (Lipinski definition) is 6. The molecule has 1 fully saturated rings. The van der Waals surface area contributed by atoms with Crippen molar-refractivity contribution in [3.05, 3.63) is 58.5 Å². The molecule has 1 aliphatic heterocycles. The molecule has 1 aliphatic rings. The van der Waals surface area contributed by atoms with Crippen molar-refractivity contribution in [3.8, 4) is 0 Å². The number of para-hydroxylation sites is 1. The fourth-order valence-electron chi connectivity index (χ4n) is 4.55. The smallest absolute Gasteiger partial charge is 0.323 e. The number of nitrogens with one attached hydrogen (secondary N) is 2. The summed E-state index contributed by atoms with van der Waals surface area (Å²) in [6.45, 7) is 6.22. The SMILES string of the molecule is Cc1c(S(=O)(=O)N(Cl)CCCN2CCN(c3cccc4[nH]c(=O)[nH]c34)CC2)sc2ccccc12. The van der Waals surface area contributed by atoms with Crippen LogP contribution in [0, 0.1) is 6.92 Å². The monoisotopic (exact) mass is 519 g/mol. The zero-order valence-electron chi connectivity index (χ0n) is 18.8. The number of piperazine rings is 1. The van der Waals surface area contributed by atoms with Crippen molar-refractivity contribution in [2.45, 2.75) is 17.6 Å². The summed E-state index contributed by atoms with van der Waals surface area (Å²) in [7, 11) is -3.74. The van der Waals surface area contributed by atoms with Crippen LogP contribution in [0.2, 0.25) is 0 Å². The molecule has 0 aliphatic carbocycles. The highest BCUT2D eigenvalue weighted by atomic mass is 35.5. The van der Waals surface area contributed by atoms with Gasteiger partial charge in [-0.1, -0.05) is 24.3 Å². The quantitative estimate of drug-likeness (QED) is 0.363. The number of fused-ring (bicyclic) bond motifs is 2. The number of nitrogens with zero attached hydrogens (tertiary/aromatic N) is 3. The molecule has 0 unspecified atom stereocenters. The van der Waals surface area contributed by atoms with Gasteiger partial charge in [0.25, 0.3) is 10.0 Å². The summed E-state index contributed by atoms with van der Waals surface area (Å²) in [5.41, 5.74) is 3.21. The van der Waals surface area contributed by atoms with Crippen LogP contribution in [0.3, 0.4) is 0 Å². The highest BCUT2D eigenvalue weighted by molar-refractivity contribution is 7.92. The number of imidazole rings is 1. The number of sulfonamides is 1. The molecule has 2 N–H and O–H groups in total. The first kappa shape index (κ1) is 23.4. The van der Waals surface area contributed by atoms with Gasteiger partial charge in [0.1, 0.15) is 4.21 Å². The van der Waals surface area contributed by atoms with E-state index in [2.05, 4.69) is 19.8 Å². The Kier molecular flexibility index (Phi) is 6.43. The number of anilines is 1. The fraction of sp³-hybridized carbons (Fsp3) is 0.348. The third-order valence-corrected chi connectivity index (χ3v) is 10.5. The van der Waals surface area contributed by atoms with Crippen LogP contribution in [-0.2, 0) is 10.0 Å². The number of aromatic amines is 2. The second-order valence-corrected chi connectivity index (χ2v) is 12.2. The number of halogens is 1. The molecule has 3 heterocycles. The zero-order valence-corrected chi connectivity index (χ0v) is 21.1. The third kappa shape index (κ3) is 4.36. The van der Waals surface area contributed by atoms with Gasteiger partial charge >= 0.3 is 5.69 Å². The number of benzene rings is 2. The average molecular weight is 520 g/mol. The fourth-order valence-corrected chi connectivity index (χ4v) is 7.94. The van der Waals surface area contributed by atoms with E-state index in [0.29, 0.717) is 10.6 Å². The Bertz CT molecular complexity index is 1490. The maximum atomic E-state index is 13.1. The highest BCUT2D eigenvalue weighted by Gasteiger charge is 2.28. The van der Waals surface area contributed by atoms with Crippen LogP contribution in [-0.4, -0.2) is 66.4 Å². The minimum absolute atomic E-state index is 0.201. The lowest BCUT2D eigenvalue weighted by Gasteiger charge is -2.36. The number of aryl methyl sites for hydroxylation is 1. The molecule has 4 aromatic rings. The van der Waals surface area contributed by atoms with Gasteiger partial charge in [-0.05, 0) is 60.8 Å². The van der Waals surface area contributed by atoms with Crippen molar-refractivity contribution in [1.29, 1.82) is 0 Å². The van der Waals surface area contributed by atoms with Gasteiger partial charge in [0.15, 0.2) is 0 Å². The summed E-state index contributed by atoms with van der Waals surface area (Å²) in [5.74, 6) is 0. The molecule has 11 heteroatoms. The standard InChI is InChI=1S/C23H26ClN5O3S2/c1-16-17-6-2-3-9-20(17)33-22(16)34(31,32)29(24)11-5-10-27-12-14-28(15-13-27)19-8-4-7-18-21(19)26-23(30)25-18/h2-4,6-9H,5,10-15H2,1H3,(H2,25,26,30). The predicted octanol–water partition coefficient (Wildman–Crippen LogP) is 3.74. The van der Waals surface area contributed by atoms with E-state index < -0.39 is 10.0 Å². The average Bonchev–Trinajstić information content (AvgIpc) is 3.39. The molecule has 180 valence electrons. The molecule has 2 aromatic heterocycles. The Morgan fingerprint density at radius 3 is 2.59 bits per heavy atom. The first-order chi connectivity index (χ1) is 16.3. The van der Waals surface area contributed by atoms with Gasteiger partial charge in [0, 0.05) is 37.4 Å². The van der Waals surface area contributed by atoms with Gasteiger partial charge in [-0.25, -0.2) is 13.2 Å². The van der Waals surface area contributed by atoms with Gasteiger partial charge < -0.3 is 14.9 Å². The van der Waals surface area contributed by atoms with Gasteiger partial charge in [-0.3, -0.25) is 4.90 Å². The number of H-pyrrole nitrogens is 2. The Balaban J connectivity index is 1.16. The van der Waals surface area contributed by atoms with E-state index in [9.17, 15) is 13.2 Å². The lowest BCUT2D eigenvalue weighted by Crippen LogP contribution is -2.47. The second kappa shape index (κ2) is 9.35. The van der Waals surface area contributed by atoms with Crippen molar-refractivity contribution in [1.82, 2.24) is 18.7 Å². The van der Waals surface area contributed by atoms with Crippen molar-refractivity contribution < 1.29 is 8.42 Å². The van der Waals surface area contributed by atoms with E-state index in [1.54, 1.807) is 0 Å². The molecule has 0 bridgehead atoms. The predicted molar refractivity (Wildman–Crippen MR) is 138 cm³/mol. The molecule has 0 spiro atoms. The molecule has 2 aromatic carbocycles. The van der Waals surface area contributed by atoms with Crippen molar-refractivity contribution in [2.75, 3.05) is 44.2 Å². The summed E-state index contributed by atoms with van der Waals surface area (Å²) in [6.07, 6.45) is 0.646. The number of thiophene rings is 1. The van der Waals surface area contributed by atoms with Crippen LogP contribution in [0.15, 0.2) is 51.5 Å². The van der Waals surface area contributed by atoms with Crippen LogP contribution in [0.25, 0.3) is 21.1 Å². The van der Waals surface area contributed by atoms with Crippen molar-refractivity contribution in [3.63, 3.8) is 0 Å². The summed E-state index contributed by atoms with van der Waals surface area (Å²) >= 11 is 7.54. The third-order valence-electron chi connectivity index (χ3n) is 6.35. The maximum Gasteiger partial charge on any atom is 0.323 e. The van der Waals surface area contributed by atoms with Crippen molar-refractivity contribution in [2.24, 2.45) is 0 Å². The van der Waals surface area contributed by atoms with Gasteiger partial charge in [-0.2, -0.15) is 0 Å². The van der Waals surface area contributed by atoms with E-state index in [1.807, 2.05) is 49.4 Å². The van der Waals surface area contributed by atoms with E-state index in [0.717, 1.165) is 68.9 Å². The molecule has 0 radical (unpaired) electrons. The second-order valence-electron chi connectivity index (χ2n) is 8.49. The molecular formula is C23H26ClN5O3S2. The van der Waals surface area contributed by atoms with E-state index in [4.69, 9.17) is 11.8 Å². The van der Waals surface area contributed by atoms with E-state index in [1.165, 1.54) is 11.3 Å². The molecule has 8 nitrogen and oxygen atoms in total. The van der Waals surface area contributed by atoms with Crippen molar-refractivity contribution >= 4 is 59.9 Å². The first-order valence-electron chi connectivity index (χ1n) is 11.2. The minimum Gasteiger partial charge on any atom is -0.367 e. The van der Waals surface area contributed by atoms with Crippen LogP contribution < -0.4 is 10.6 Å². The van der Waals surface area contributed by atoms with Gasteiger partial charge in [-0.15, -0.1) is 15.2 Å².